The monoisotopic (exact) mass is 222 g/mol. The molecule has 2 rings (SSSR count). The third-order valence-corrected chi connectivity index (χ3v) is 2.84. The molecule has 1 aromatic heterocycles. The van der Waals surface area contributed by atoms with Gasteiger partial charge in [0.05, 0.1) is 6.54 Å². The maximum atomic E-state index is 11.8. The molecular weight excluding hydrogens is 204 g/mol. The summed E-state index contributed by atoms with van der Waals surface area (Å²) in [7, 11) is 0. The first kappa shape index (κ1) is 11.0. The summed E-state index contributed by atoms with van der Waals surface area (Å²) in [6.45, 7) is 5.10. The van der Waals surface area contributed by atoms with Gasteiger partial charge in [-0.25, -0.2) is 9.78 Å². The predicted octanol–water partition coefficient (Wildman–Crippen LogP) is 1.21. The van der Waals surface area contributed by atoms with E-state index in [9.17, 15) is 4.79 Å². The van der Waals surface area contributed by atoms with E-state index in [1.54, 1.807) is 6.20 Å². The van der Waals surface area contributed by atoms with Crippen molar-refractivity contribution in [3.05, 3.63) is 18.2 Å². The number of aromatic nitrogens is 2. The van der Waals surface area contributed by atoms with E-state index in [0.29, 0.717) is 6.54 Å². The summed E-state index contributed by atoms with van der Waals surface area (Å²) >= 11 is 0. The molecule has 0 saturated carbocycles. The van der Waals surface area contributed by atoms with Gasteiger partial charge in [-0.2, -0.15) is 0 Å². The predicted molar refractivity (Wildman–Crippen MR) is 60.9 cm³/mol. The second kappa shape index (κ2) is 5.01. The Bertz CT molecular complexity index is 361. The maximum absolute atomic E-state index is 11.8. The molecule has 0 atom stereocenters. The van der Waals surface area contributed by atoms with Gasteiger partial charge in [0.25, 0.3) is 0 Å². The van der Waals surface area contributed by atoms with Crippen LogP contribution in [0.5, 0.6) is 0 Å². The van der Waals surface area contributed by atoms with Crippen LogP contribution >= 0.6 is 0 Å². The Kier molecular flexibility index (Phi) is 3.44. The van der Waals surface area contributed by atoms with Gasteiger partial charge in [0.15, 0.2) is 0 Å². The fourth-order valence-corrected chi connectivity index (χ4v) is 1.83. The van der Waals surface area contributed by atoms with Crippen LogP contribution in [-0.4, -0.2) is 33.6 Å². The van der Waals surface area contributed by atoms with E-state index >= 15 is 0 Å². The molecule has 0 bridgehead atoms. The van der Waals surface area contributed by atoms with E-state index in [0.717, 1.165) is 38.3 Å². The number of hydrogen-bond acceptors (Lipinski definition) is 2. The van der Waals surface area contributed by atoms with E-state index in [1.165, 1.54) is 0 Å². The van der Waals surface area contributed by atoms with Crippen molar-refractivity contribution >= 4 is 6.03 Å². The maximum Gasteiger partial charge on any atom is 0.317 e. The number of hydrogen-bond donors (Lipinski definition) is 1. The zero-order chi connectivity index (χ0) is 11.4. The van der Waals surface area contributed by atoms with Crippen LogP contribution in [0, 0.1) is 0 Å². The molecule has 0 fully saturated rings. The lowest BCUT2D eigenvalue weighted by atomic mass is 10.3. The lowest BCUT2D eigenvalue weighted by molar-refractivity contribution is 0.182. The van der Waals surface area contributed by atoms with Gasteiger partial charge >= 0.3 is 6.03 Å². The Hall–Kier alpha value is -1.52. The number of nitrogens with one attached hydrogen (secondary N) is 1. The fraction of sp³-hybridized carbons (Fsp3) is 0.636. The number of carbonyl (C=O) groups excluding carboxylic acids is 1. The number of urea groups is 1. The van der Waals surface area contributed by atoms with Crippen molar-refractivity contribution in [2.45, 2.75) is 32.9 Å². The minimum absolute atomic E-state index is 0.0303. The van der Waals surface area contributed by atoms with E-state index in [2.05, 4.69) is 21.8 Å². The smallest absolute Gasteiger partial charge is 0.317 e. The van der Waals surface area contributed by atoms with Crippen molar-refractivity contribution in [3.8, 4) is 0 Å². The van der Waals surface area contributed by atoms with Crippen molar-refractivity contribution in [2.24, 2.45) is 0 Å². The van der Waals surface area contributed by atoms with Crippen molar-refractivity contribution in [2.75, 3.05) is 13.1 Å². The number of unbranched alkanes of at least 4 members (excludes halogenated alkanes) is 1. The van der Waals surface area contributed by atoms with Gasteiger partial charge in [-0.15, -0.1) is 0 Å². The highest BCUT2D eigenvalue weighted by Crippen LogP contribution is 2.09. The largest absolute Gasteiger partial charge is 0.338 e. The summed E-state index contributed by atoms with van der Waals surface area (Å²) in [4.78, 5) is 17.8. The molecule has 1 aliphatic rings. The SMILES string of the molecule is CCCCNC(=O)N1CCn2ccnc2C1. The van der Waals surface area contributed by atoms with Gasteiger partial charge in [-0.05, 0) is 6.42 Å². The van der Waals surface area contributed by atoms with E-state index in [-0.39, 0.29) is 6.03 Å². The number of imidazole rings is 1. The lowest BCUT2D eigenvalue weighted by Gasteiger charge is -2.27. The highest BCUT2D eigenvalue weighted by atomic mass is 16.2. The van der Waals surface area contributed by atoms with Crippen molar-refractivity contribution < 1.29 is 4.79 Å². The van der Waals surface area contributed by atoms with Crippen molar-refractivity contribution in [1.82, 2.24) is 19.8 Å². The Labute approximate surface area is 95.5 Å². The molecule has 1 aromatic rings. The van der Waals surface area contributed by atoms with Crippen molar-refractivity contribution in [1.29, 1.82) is 0 Å². The Morgan fingerprint density at radius 1 is 1.56 bits per heavy atom. The lowest BCUT2D eigenvalue weighted by Crippen LogP contribution is -2.44. The average molecular weight is 222 g/mol. The first-order valence-electron chi connectivity index (χ1n) is 5.84. The normalized spacial score (nSPS) is 14.7. The highest BCUT2D eigenvalue weighted by molar-refractivity contribution is 5.74. The van der Waals surface area contributed by atoms with Crippen LogP contribution in [0.2, 0.25) is 0 Å². The minimum Gasteiger partial charge on any atom is -0.338 e. The van der Waals surface area contributed by atoms with Crippen LogP contribution in [0.3, 0.4) is 0 Å². The molecule has 0 radical (unpaired) electrons. The number of carbonyl (C=O) groups is 1. The summed E-state index contributed by atoms with van der Waals surface area (Å²) < 4.78 is 2.09. The zero-order valence-electron chi connectivity index (χ0n) is 9.65. The second-order valence-electron chi connectivity index (χ2n) is 4.04. The Balaban J connectivity index is 1.86. The third-order valence-electron chi connectivity index (χ3n) is 2.84. The number of nitrogens with zero attached hydrogens (tertiary/aromatic N) is 3. The molecule has 0 spiro atoms. The first-order valence-corrected chi connectivity index (χ1v) is 5.84. The molecule has 0 saturated heterocycles. The molecule has 0 aliphatic carbocycles. The van der Waals surface area contributed by atoms with Gasteiger partial charge in [0, 0.05) is 32.0 Å². The Morgan fingerprint density at radius 2 is 2.44 bits per heavy atom. The highest BCUT2D eigenvalue weighted by Gasteiger charge is 2.20. The van der Waals surface area contributed by atoms with Crippen LogP contribution in [-0.2, 0) is 13.1 Å². The molecule has 1 aliphatic heterocycles. The molecule has 16 heavy (non-hydrogen) atoms. The van der Waals surface area contributed by atoms with Gasteiger partial charge < -0.3 is 14.8 Å². The van der Waals surface area contributed by atoms with Crippen LogP contribution in [0.25, 0.3) is 0 Å². The van der Waals surface area contributed by atoms with Crippen molar-refractivity contribution in [3.63, 3.8) is 0 Å². The summed E-state index contributed by atoms with van der Waals surface area (Å²) in [5.74, 6) is 0.969. The molecule has 88 valence electrons. The van der Waals surface area contributed by atoms with Gasteiger partial charge in [0.1, 0.15) is 5.82 Å². The van der Waals surface area contributed by atoms with E-state index < -0.39 is 0 Å². The molecule has 0 unspecified atom stereocenters. The van der Waals surface area contributed by atoms with Gasteiger partial charge in [-0.1, -0.05) is 13.3 Å². The molecule has 5 heteroatoms. The second-order valence-corrected chi connectivity index (χ2v) is 4.04. The number of fused-ring (bicyclic) bond motifs is 1. The molecular formula is C11H18N4O. The summed E-state index contributed by atoms with van der Waals surface area (Å²) in [5, 5.41) is 2.93. The quantitative estimate of drug-likeness (QED) is 0.781. The molecule has 5 nitrogen and oxygen atoms in total. The van der Waals surface area contributed by atoms with Crippen LogP contribution in [0.15, 0.2) is 12.4 Å². The molecule has 1 N–H and O–H groups in total. The number of rotatable bonds is 3. The first-order chi connectivity index (χ1) is 7.81. The zero-order valence-corrected chi connectivity index (χ0v) is 9.65. The standard InChI is InChI=1S/C11H18N4O/c1-2-3-4-13-11(16)15-8-7-14-6-5-12-10(14)9-15/h5-6H,2-4,7-9H2,1H3,(H,13,16). The summed E-state index contributed by atoms with van der Waals surface area (Å²) in [6, 6.07) is 0.0303. The molecule has 0 aromatic carbocycles. The van der Waals surface area contributed by atoms with E-state index in [1.807, 2.05) is 11.1 Å². The minimum atomic E-state index is 0.0303. The van der Waals surface area contributed by atoms with E-state index in [4.69, 9.17) is 0 Å². The van der Waals surface area contributed by atoms with Crippen LogP contribution in [0.1, 0.15) is 25.6 Å². The van der Waals surface area contributed by atoms with Crippen LogP contribution < -0.4 is 5.32 Å². The van der Waals surface area contributed by atoms with Gasteiger partial charge in [0.2, 0.25) is 0 Å². The fourth-order valence-electron chi connectivity index (χ4n) is 1.83. The summed E-state index contributed by atoms with van der Waals surface area (Å²) in [6.07, 6.45) is 5.88. The average Bonchev–Trinajstić information content (AvgIpc) is 2.76. The molecule has 2 heterocycles. The topological polar surface area (TPSA) is 50.2 Å². The Morgan fingerprint density at radius 3 is 3.25 bits per heavy atom. The third kappa shape index (κ3) is 2.35. The molecule has 2 amide bonds. The number of amides is 2. The van der Waals surface area contributed by atoms with Gasteiger partial charge in [-0.3, -0.25) is 0 Å². The summed E-state index contributed by atoms with van der Waals surface area (Å²) in [5.41, 5.74) is 0. The van der Waals surface area contributed by atoms with Crippen LogP contribution in [0.4, 0.5) is 4.79 Å².